The van der Waals surface area contributed by atoms with Crippen LogP contribution in [-0.2, 0) is 9.53 Å². The molecule has 2 nitrogen and oxygen atoms in total. The molecule has 3 atom stereocenters. The van der Waals surface area contributed by atoms with Crippen LogP contribution in [0, 0.1) is 5.41 Å². The van der Waals surface area contributed by atoms with Crippen LogP contribution in [-0.4, -0.2) is 16.0 Å². The number of carbonyl (C=O) groups excluding carboxylic acids is 1. The monoisotopic (exact) mass is 280 g/mol. The zero-order valence-electron chi connectivity index (χ0n) is 7.18. The lowest BCUT2D eigenvalue weighted by molar-refractivity contribution is -0.141. The van der Waals surface area contributed by atoms with Crippen molar-refractivity contribution in [3.05, 3.63) is 0 Å². The Bertz CT molecular complexity index is 217. The molecule has 0 bridgehead atoms. The van der Waals surface area contributed by atoms with Gasteiger partial charge in [-0.05, 0) is 12.8 Å². The largest absolute Gasteiger partial charge is 0.461 e. The lowest BCUT2D eigenvalue weighted by Gasteiger charge is -2.36. The highest BCUT2D eigenvalue weighted by Crippen LogP contribution is 2.47. The first kappa shape index (κ1) is 8.78. The first-order chi connectivity index (χ1) is 5.62. The molecule has 1 heterocycles. The molecule has 1 saturated heterocycles. The Morgan fingerprint density at radius 3 is 3.08 bits per heavy atom. The van der Waals surface area contributed by atoms with E-state index >= 15 is 0 Å². The van der Waals surface area contributed by atoms with Crippen LogP contribution in [0.3, 0.4) is 0 Å². The number of fused-ring (bicyclic) bond motifs is 1. The van der Waals surface area contributed by atoms with Gasteiger partial charge in [-0.3, -0.25) is 4.79 Å². The van der Waals surface area contributed by atoms with Crippen LogP contribution in [0.15, 0.2) is 0 Å². The number of alkyl halides is 1. The summed E-state index contributed by atoms with van der Waals surface area (Å²) in [6.07, 6.45) is 4.44. The molecule has 0 spiro atoms. The van der Waals surface area contributed by atoms with E-state index in [2.05, 4.69) is 29.5 Å². The zero-order valence-corrected chi connectivity index (χ0v) is 9.34. The summed E-state index contributed by atoms with van der Waals surface area (Å²) < 4.78 is 5.87. The normalized spacial score (nSPS) is 47.0. The summed E-state index contributed by atoms with van der Waals surface area (Å²) in [4.78, 5) is 11.1. The van der Waals surface area contributed by atoms with Gasteiger partial charge in [0.1, 0.15) is 6.10 Å². The van der Waals surface area contributed by atoms with E-state index in [1.165, 1.54) is 12.8 Å². The van der Waals surface area contributed by atoms with Gasteiger partial charge in [0.25, 0.3) is 0 Å². The van der Waals surface area contributed by atoms with Crippen LogP contribution in [0.25, 0.3) is 0 Å². The van der Waals surface area contributed by atoms with E-state index < -0.39 is 0 Å². The molecular formula is C9H13IO2. The minimum absolute atomic E-state index is 0.00562. The Hall–Kier alpha value is 0.200. The fraction of sp³-hybridized carbons (Fsp3) is 0.889. The van der Waals surface area contributed by atoms with Gasteiger partial charge in [-0.1, -0.05) is 35.9 Å². The van der Waals surface area contributed by atoms with E-state index in [4.69, 9.17) is 4.74 Å². The number of hydrogen-bond donors (Lipinski definition) is 0. The van der Waals surface area contributed by atoms with E-state index in [9.17, 15) is 4.79 Å². The second-order valence-corrected chi connectivity index (χ2v) is 5.75. The highest BCUT2D eigenvalue weighted by Gasteiger charge is 2.50. The molecule has 0 N–H and O–H groups in total. The quantitative estimate of drug-likeness (QED) is 0.386. The fourth-order valence-corrected chi connectivity index (χ4v) is 3.80. The number of hydrogen-bond acceptors (Lipinski definition) is 2. The molecule has 3 unspecified atom stereocenters. The Morgan fingerprint density at radius 2 is 2.42 bits per heavy atom. The molecule has 0 aromatic rings. The molecule has 1 saturated carbocycles. The van der Waals surface area contributed by atoms with Crippen molar-refractivity contribution in [2.75, 3.05) is 0 Å². The Labute approximate surface area is 86.2 Å². The molecule has 3 heteroatoms. The number of esters is 1. The molecule has 1 aliphatic heterocycles. The van der Waals surface area contributed by atoms with Crippen molar-refractivity contribution in [2.45, 2.75) is 42.6 Å². The molecule has 0 aromatic carbocycles. The lowest BCUT2D eigenvalue weighted by Crippen LogP contribution is -2.38. The van der Waals surface area contributed by atoms with E-state index in [1.54, 1.807) is 0 Å². The summed E-state index contributed by atoms with van der Waals surface area (Å²) in [6, 6.07) is 0. The van der Waals surface area contributed by atoms with E-state index in [1.807, 2.05) is 0 Å². The predicted octanol–water partition coefficient (Wildman–Crippen LogP) is 2.30. The predicted molar refractivity (Wildman–Crippen MR) is 54.3 cm³/mol. The summed E-state index contributed by atoms with van der Waals surface area (Å²) in [6.45, 7) is 2.19. The third-order valence-corrected chi connectivity index (χ3v) is 4.33. The van der Waals surface area contributed by atoms with Gasteiger partial charge in [0.15, 0.2) is 0 Å². The molecule has 2 rings (SSSR count). The molecule has 1 aliphatic carbocycles. The Kier molecular flexibility index (Phi) is 2.09. The van der Waals surface area contributed by atoms with Crippen LogP contribution in [0.2, 0.25) is 0 Å². The smallest absolute Gasteiger partial charge is 0.306 e. The van der Waals surface area contributed by atoms with Crippen LogP contribution >= 0.6 is 22.6 Å². The highest BCUT2D eigenvalue weighted by molar-refractivity contribution is 14.1. The van der Waals surface area contributed by atoms with Gasteiger partial charge in [0.05, 0.1) is 6.42 Å². The van der Waals surface area contributed by atoms with Crippen LogP contribution < -0.4 is 0 Å². The van der Waals surface area contributed by atoms with Crippen LogP contribution in [0.1, 0.15) is 32.6 Å². The number of carbonyl (C=O) groups is 1. The topological polar surface area (TPSA) is 26.3 Å². The standard InChI is InChI=1S/C9H13IO2/c1-9-4-2-3-6(10)8(9)12-7(11)5-9/h6,8H,2-5H2,1H3. The average Bonchev–Trinajstić information content (AvgIpc) is 2.26. The van der Waals surface area contributed by atoms with Gasteiger partial charge in [0.2, 0.25) is 0 Å². The SMILES string of the molecule is CC12CCCC(I)C1OC(=O)C2. The van der Waals surface area contributed by atoms with Gasteiger partial charge in [0, 0.05) is 9.34 Å². The summed E-state index contributed by atoms with van der Waals surface area (Å²) in [5, 5.41) is 0. The maximum atomic E-state index is 11.1. The molecule has 0 aromatic heterocycles. The molecule has 2 fully saturated rings. The van der Waals surface area contributed by atoms with Gasteiger partial charge in [-0.2, -0.15) is 0 Å². The van der Waals surface area contributed by atoms with Crippen molar-refractivity contribution < 1.29 is 9.53 Å². The van der Waals surface area contributed by atoms with Gasteiger partial charge in [-0.15, -0.1) is 0 Å². The first-order valence-electron chi connectivity index (χ1n) is 4.45. The van der Waals surface area contributed by atoms with Crippen molar-refractivity contribution in [2.24, 2.45) is 5.41 Å². The van der Waals surface area contributed by atoms with Crippen molar-refractivity contribution >= 4 is 28.6 Å². The lowest BCUT2D eigenvalue weighted by atomic mass is 9.73. The summed E-state index contributed by atoms with van der Waals surface area (Å²) in [5.74, 6) is 0.00562. The summed E-state index contributed by atoms with van der Waals surface area (Å²) in [7, 11) is 0. The molecular weight excluding hydrogens is 267 g/mol. The van der Waals surface area contributed by atoms with E-state index in [0.717, 1.165) is 6.42 Å². The summed E-state index contributed by atoms with van der Waals surface area (Å²) >= 11 is 2.42. The number of ether oxygens (including phenoxy) is 1. The molecule has 12 heavy (non-hydrogen) atoms. The summed E-state index contributed by atoms with van der Waals surface area (Å²) in [5.41, 5.74) is 0.154. The third kappa shape index (κ3) is 1.26. The maximum Gasteiger partial charge on any atom is 0.306 e. The number of rotatable bonds is 0. The van der Waals surface area contributed by atoms with Crippen molar-refractivity contribution in [3.63, 3.8) is 0 Å². The van der Waals surface area contributed by atoms with Gasteiger partial charge >= 0.3 is 5.97 Å². The molecule has 0 radical (unpaired) electrons. The van der Waals surface area contributed by atoms with Gasteiger partial charge in [-0.25, -0.2) is 0 Å². The number of halogens is 1. The van der Waals surface area contributed by atoms with Gasteiger partial charge < -0.3 is 4.74 Å². The molecule has 0 amide bonds. The fourth-order valence-electron chi connectivity index (χ4n) is 2.35. The zero-order chi connectivity index (χ0) is 8.77. The second-order valence-electron chi connectivity index (χ2n) is 4.15. The Balaban J connectivity index is 2.22. The third-order valence-electron chi connectivity index (χ3n) is 3.05. The first-order valence-corrected chi connectivity index (χ1v) is 5.70. The average molecular weight is 280 g/mol. The molecule has 2 aliphatic rings. The van der Waals surface area contributed by atoms with Crippen molar-refractivity contribution in [1.29, 1.82) is 0 Å². The minimum Gasteiger partial charge on any atom is -0.461 e. The van der Waals surface area contributed by atoms with Crippen molar-refractivity contribution in [3.8, 4) is 0 Å². The molecule has 68 valence electrons. The van der Waals surface area contributed by atoms with E-state index in [0.29, 0.717) is 10.3 Å². The van der Waals surface area contributed by atoms with E-state index in [-0.39, 0.29) is 17.5 Å². The van der Waals surface area contributed by atoms with Crippen molar-refractivity contribution in [1.82, 2.24) is 0 Å². The second kappa shape index (κ2) is 2.86. The maximum absolute atomic E-state index is 11.1. The van der Waals surface area contributed by atoms with Crippen LogP contribution in [0.4, 0.5) is 0 Å². The Morgan fingerprint density at radius 1 is 1.67 bits per heavy atom. The highest BCUT2D eigenvalue weighted by atomic mass is 127. The minimum atomic E-state index is 0.00562. The van der Waals surface area contributed by atoms with Crippen LogP contribution in [0.5, 0.6) is 0 Å².